The second-order valence-electron chi connectivity index (χ2n) is 4.52. The highest BCUT2D eigenvalue weighted by molar-refractivity contribution is 7.80. The SMILES string of the molecule is COCCc1ccccc1NC(=O)c1cc(S)ccc1F. The van der Waals surface area contributed by atoms with E-state index >= 15 is 0 Å². The van der Waals surface area contributed by atoms with Crippen LogP contribution in [0.15, 0.2) is 47.4 Å². The van der Waals surface area contributed by atoms with Gasteiger partial charge in [0.25, 0.3) is 5.91 Å². The van der Waals surface area contributed by atoms with Gasteiger partial charge in [0.1, 0.15) is 5.82 Å². The van der Waals surface area contributed by atoms with Crippen molar-refractivity contribution >= 4 is 24.2 Å². The number of methoxy groups -OCH3 is 1. The molecule has 0 unspecified atom stereocenters. The zero-order valence-electron chi connectivity index (χ0n) is 11.6. The van der Waals surface area contributed by atoms with E-state index in [1.165, 1.54) is 18.2 Å². The maximum absolute atomic E-state index is 13.7. The van der Waals surface area contributed by atoms with E-state index in [1.807, 2.05) is 18.2 Å². The van der Waals surface area contributed by atoms with Crippen LogP contribution in [0.3, 0.4) is 0 Å². The molecule has 0 aromatic heterocycles. The van der Waals surface area contributed by atoms with Crippen molar-refractivity contribution in [3.63, 3.8) is 0 Å². The first-order valence-electron chi connectivity index (χ1n) is 6.48. The summed E-state index contributed by atoms with van der Waals surface area (Å²) in [6, 6.07) is 11.5. The molecule has 1 N–H and O–H groups in total. The highest BCUT2D eigenvalue weighted by atomic mass is 32.1. The molecule has 0 spiro atoms. The Hall–Kier alpha value is -1.85. The molecule has 0 bridgehead atoms. The molecule has 0 heterocycles. The first-order chi connectivity index (χ1) is 10.1. The Morgan fingerprint density at radius 1 is 1.29 bits per heavy atom. The highest BCUT2D eigenvalue weighted by Crippen LogP contribution is 2.19. The van der Waals surface area contributed by atoms with Crippen molar-refractivity contribution in [2.45, 2.75) is 11.3 Å². The summed E-state index contributed by atoms with van der Waals surface area (Å²) >= 11 is 4.13. The van der Waals surface area contributed by atoms with E-state index in [2.05, 4.69) is 17.9 Å². The average Bonchev–Trinajstić information content (AvgIpc) is 2.48. The summed E-state index contributed by atoms with van der Waals surface area (Å²) in [4.78, 5) is 12.7. The summed E-state index contributed by atoms with van der Waals surface area (Å²) in [5, 5.41) is 2.74. The predicted octanol–water partition coefficient (Wildman–Crippen LogP) is 3.56. The third-order valence-corrected chi connectivity index (χ3v) is 3.31. The molecule has 0 aliphatic rings. The van der Waals surface area contributed by atoms with Gasteiger partial charge in [-0.15, -0.1) is 12.6 Å². The van der Waals surface area contributed by atoms with Gasteiger partial charge < -0.3 is 10.1 Å². The number of halogens is 1. The van der Waals surface area contributed by atoms with Crippen molar-refractivity contribution in [3.05, 3.63) is 59.4 Å². The van der Waals surface area contributed by atoms with Crippen molar-refractivity contribution in [2.24, 2.45) is 0 Å². The van der Waals surface area contributed by atoms with Crippen LogP contribution >= 0.6 is 12.6 Å². The number of hydrogen-bond acceptors (Lipinski definition) is 3. The fourth-order valence-corrected chi connectivity index (χ4v) is 2.15. The Balaban J connectivity index is 2.21. The van der Waals surface area contributed by atoms with Gasteiger partial charge in [0.15, 0.2) is 0 Å². The minimum atomic E-state index is -0.570. The van der Waals surface area contributed by atoms with E-state index in [0.29, 0.717) is 23.6 Å². The topological polar surface area (TPSA) is 38.3 Å². The maximum atomic E-state index is 13.7. The third-order valence-electron chi connectivity index (χ3n) is 3.04. The fourth-order valence-electron chi connectivity index (χ4n) is 1.95. The summed E-state index contributed by atoms with van der Waals surface area (Å²) in [7, 11) is 1.62. The number of para-hydroxylation sites is 1. The number of hydrogen-bond donors (Lipinski definition) is 2. The Morgan fingerprint density at radius 2 is 2.05 bits per heavy atom. The Kier molecular flexibility index (Phi) is 5.36. The molecule has 0 aliphatic carbocycles. The second kappa shape index (κ2) is 7.24. The van der Waals surface area contributed by atoms with Crippen molar-refractivity contribution in [2.75, 3.05) is 19.0 Å². The molecule has 0 saturated heterocycles. The van der Waals surface area contributed by atoms with Crippen molar-refractivity contribution in [1.82, 2.24) is 0 Å². The number of rotatable bonds is 5. The Morgan fingerprint density at radius 3 is 2.81 bits per heavy atom. The van der Waals surface area contributed by atoms with Crippen LogP contribution in [0.5, 0.6) is 0 Å². The van der Waals surface area contributed by atoms with Crippen LogP contribution < -0.4 is 5.32 Å². The summed E-state index contributed by atoms with van der Waals surface area (Å²) in [5.74, 6) is -1.06. The van der Waals surface area contributed by atoms with E-state index in [1.54, 1.807) is 13.2 Å². The van der Waals surface area contributed by atoms with E-state index < -0.39 is 11.7 Å². The number of benzene rings is 2. The van der Waals surface area contributed by atoms with Gasteiger partial charge in [-0.05, 0) is 36.2 Å². The number of anilines is 1. The fraction of sp³-hybridized carbons (Fsp3) is 0.188. The molecule has 21 heavy (non-hydrogen) atoms. The second-order valence-corrected chi connectivity index (χ2v) is 5.03. The lowest BCUT2D eigenvalue weighted by Crippen LogP contribution is -2.15. The van der Waals surface area contributed by atoms with Crippen LogP contribution in [-0.4, -0.2) is 19.6 Å². The molecule has 0 atom stereocenters. The monoisotopic (exact) mass is 305 g/mol. The smallest absolute Gasteiger partial charge is 0.258 e. The highest BCUT2D eigenvalue weighted by Gasteiger charge is 2.13. The number of amides is 1. The minimum Gasteiger partial charge on any atom is -0.384 e. The molecule has 0 aliphatic heterocycles. The van der Waals surface area contributed by atoms with Crippen molar-refractivity contribution in [1.29, 1.82) is 0 Å². The molecule has 2 aromatic carbocycles. The number of carbonyl (C=O) groups excluding carboxylic acids is 1. The quantitative estimate of drug-likeness (QED) is 0.829. The van der Waals surface area contributed by atoms with Crippen LogP contribution in [-0.2, 0) is 11.2 Å². The molecule has 3 nitrogen and oxygen atoms in total. The van der Waals surface area contributed by atoms with Gasteiger partial charge in [-0.2, -0.15) is 0 Å². The first-order valence-corrected chi connectivity index (χ1v) is 6.93. The van der Waals surface area contributed by atoms with Gasteiger partial charge >= 0.3 is 0 Å². The maximum Gasteiger partial charge on any atom is 0.258 e. The first kappa shape index (κ1) is 15.5. The van der Waals surface area contributed by atoms with Gasteiger partial charge in [0, 0.05) is 17.7 Å². The van der Waals surface area contributed by atoms with Crippen LogP contribution in [0.1, 0.15) is 15.9 Å². The summed E-state index contributed by atoms with van der Waals surface area (Å²) in [5.41, 5.74) is 1.57. The van der Waals surface area contributed by atoms with E-state index in [4.69, 9.17) is 4.74 Å². The molecule has 0 saturated carbocycles. The standard InChI is InChI=1S/C16H16FNO2S/c1-20-9-8-11-4-2-3-5-15(11)18-16(19)13-10-12(21)6-7-14(13)17/h2-7,10,21H,8-9H2,1H3,(H,18,19). The Bertz CT molecular complexity index is 646. The largest absolute Gasteiger partial charge is 0.384 e. The lowest BCUT2D eigenvalue weighted by molar-refractivity contribution is 0.102. The summed E-state index contributed by atoms with van der Waals surface area (Å²) < 4.78 is 18.8. The van der Waals surface area contributed by atoms with Crippen LogP contribution in [0.2, 0.25) is 0 Å². The minimum absolute atomic E-state index is 0.0240. The lowest BCUT2D eigenvalue weighted by atomic mass is 10.1. The zero-order valence-corrected chi connectivity index (χ0v) is 12.5. The number of ether oxygens (including phenoxy) is 1. The van der Waals surface area contributed by atoms with Crippen molar-refractivity contribution in [3.8, 4) is 0 Å². The summed E-state index contributed by atoms with van der Waals surface area (Å²) in [6.07, 6.45) is 0.669. The van der Waals surface area contributed by atoms with Crippen LogP contribution in [0.4, 0.5) is 10.1 Å². The molecule has 2 rings (SSSR count). The third kappa shape index (κ3) is 4.06. The lowest BCUT2D eigenvalue weighted by Gasteiger charge is -2.11. The van der Waals surface area contributed by atoms with Gasteiger partial charge in [-0.25, -0.2) is 4.39 Å². The van der Waals surface area contributed by atoms with Gasteiger partial charge in [-0.1, -0.05) is 18.2 Å². The normalized spacial score (nSPS) is 10.4. The average molecular weight is 305 g/mol. The van der Waals surface area contributed by atoms with Gasteiger partial charge in [-0.3, -0.25) is 4.79 Å². The van der Waals surface area contributed by atoms with Gasteiger partial charge in [0.2, 0.25) is 0 Å². The predicted molar refractivity (Wildman–Crippen MR) is 83.6 cm³/mol. The molecule has 0 fully saturated rings. The molecule has 0 radical (unpaired) electrons. The number of thiol groups is 1. The van der Waals surface area contributed by atoms with E-state index in [-0.39, 0.29) is 5.56 Å². The molecule has 2 aromatic rings. The Labute approximate surface area is 128 Å². The zero-order chi connectivity index (χ0) is 15.2. The van der Waals surface area contributed by atoms with Crippen molar-refractivity contribution < 1.29 is 13.9 Å². The van der Waals surface area contributed by atoms with Crippen LogP contribution in [0.25, 0.3) is 0 Å². The number of carbonyl (C=O) groups is 1. The van der Waals surface area contributed by atoms with E-state index in [9.17, 15) is 9.18 Å². The van der Waals surface area contributed by atoms with E-state index in [0.717, 1.165) is 5.56 Å². The van der Waals surface area contributed by atoms with Crippen LogP contribution in [0, 0.1) is 5.82 Å². The molecule has 5 heteroatoms. The van der Waals surface area contributed by atoms with Gasteiger partial charge in [0.05, 0.1) is 12.2 Å². The number of nitrogens with one attached hydrogen (secondary N) is 1. The molecule has 110 valence electrons. The summed E-state index contributed by atoms with van der Waals surface area (Å²) in [6.45, 7) is 0.549. The molecular formula is C16H16FNO2S. The molecular weight excluding hydrogens is 289 g/mol. The molecule has 1 amide bonds.